The van der Waals surface area contributed by atoms with E-state index in [-0.39, 0.29) is 0 Å². The molecule has 0 unspecified atom stereocenters. The maximum atomic E-state index is 4.84. The van der Waals surface area contributed by atoms with Gasteiger partial charge in [-0.3, -0.25) is 0 Å². The van der Waals surface area contributed by atoms with Crippen LogP contribution in [0.1, 0.15) is 18.5 Å². The van der Waals surface area contributed by atoms with Crippen LogP contribution in [0.5, 0.6) is 0 Å². The second kappa shape index (κ2) is 7.33. The Morgan fingerprint density at radius 3 is 2.59 bits per heavy atom. The minimum Gasteiger partial charge on any atom is -0.366 e. The van der Waals surface area contributed by atoms with Gasteiger partial charge in [0.15, 0.2) is 5.65 Å². The van der Waals surface area contributed by atoms with Crippen molar-refractivity contribution < 1.29 is 0 Å². The van der Waals surface area contributed by atoms with Gasteiger partial charge in [0.2, 0.25) is 0 Å². The molecule has 0 radical (unpaired) electrons. The fourth-order valence-electron chi connectivity index (χ4n) is 3.92. The summed E-state index contributed by atoms with van der Waals surface area (Å²) in [5, 5.41) is 13.1. The third-order valence-corrected chi connectivity index (χ3v) is 5.63. The lowest BCUT2D eigenvalue weighted by atomic mass is 10.1. The number of aromatic nitrogens is 5. The minimum absolute atomic E-state index is 0.464. The highest BCUT2D eigenvalue weighted by atomic mass is 15.3. The number of anilines is 1. The van der Waals surface area contributed by atoms with Crippen LogP contribution in [-0.2, 0) is 0 Å². The number of rotatable bonds is 4. The Kier molecular flexibility index (Phi) is 4.52. The van der Waals surface area contributed by atoms with Gasteiger partial charge in [0.1, 0.15) is 5.82 Å². The molecule has 1 aliphatic heterocycles. The third-order valence-electron chi connectivity index (χ3n) is 5.63. The van der Waals surface area contributed by atoms with Crippen LogP contribution < -0.4 is 5.32 Å². The van der Waals surface area contributed by atoms with Crippen LogP contribution in [-0.4, -0.2) is 55.5 Å². The normalized spacial score (nSPS) is 15.8. The molecule has 1 aromatic carbocycles. The topological polar surface area (TPSA) is 63.3 Å². The Hall–Kier alpha value is -3.19. The molecular weight excluding hydrogens is 362 g/mol. The van der Waals surface area contributed by atoms with Gasteiger partial charge in [-0.1, -0.05) is 18.2 Å². The van der Waals surface area contributed by atoms with Crippen LogP contribution in [0.4, 0.5) is 5.82 Å². The number of para-hydroxylation sites is 1. The first-order valence-corrected chi connectivity index (χ1v) is 10.1. The Morgan fingerprint density at radius 2 is 1.79 bits per heavy atom. The molecular formula is C22H25N7. The van der Waals surface area contributed by atoms with E-state index in [0.29, 0.717) is 6.04 Å². The molecule has 0 bridgehead atoms. The average molecular weight is 387 g/mol. The van der Waals surface area contributed by atoms with Crippen LogP contribution in [0, 0.1) is 6.92 Å². The monoisotopic (exact) mass is 387 g/mol. The van der Waals surface area contributed by atoms with E-state index >= 15 is 0 Å². The van der Waals surface area contributed by atoms with E-state index < -0.39 is 0 Å². The molecule has 29 heavy (non-hydrogen) atoms. The molecule has 1 fully saturated rings. The first kappa shape index (κ1) is 17.9. The largest absolute Gasteiger partial charge is 0.366 e. The molecule has 0 spiro atoms. The Balaban J connectivity index is 1.47. The number of fused-ring (bicyclic) bond motifs is 1. The van der Waals surface area contributed by atoms with E-state index in [1.165, 1.54) is 0 Å². The number of aryl methyl sites for hydroxylation is 1. The van der Waals surface area contributed by atoms with Gasteiger partial charge in [-0.25, -0.2) is 14.2 Å². The second-order valence-electron chi connectivity index (χ2n) is 7.76. The lowest BCUT2D eigenvalue weighted by Crippen LogP contribution is -2.36. The summed E-state index contributed by atoms with van der Waals surface area (Å²) in [6.07, 6.45) is 6.19. The number of nitrogens with one attached hydrogen (secondary N) is 1. The maximum absolute atomic E-state index is 4.84. The molecule has 4 heterocycles. The highest BCUT2D eigenvalue weighted by Gasteiger charge is 2.18. The van der Waals surface area contributed by atoms with Gasteiger partial charge in [-0.2, -0.15) is 5.10 Å². The van der Waals surface area contributed by atoms with Crippen LogP contribution in [0.25, 0.3) is 22.6 Å². The van der Waals surface area contributed by atoms with E-state index in [1.54, 1.807) is 0 Å². The summed E-state index contributed by atoms with van der Waals surface area (Å²) < 4.78 is 3.82. The van der Waals surface area contributed by atoms with Crippen LogP contribution in [0.2, 0.25) is 0 Å². The van der Waals surface area contributed by atoms with Gasteiger partial charge in [0.05, 0.1) is 23.3 Å². The number of hydrogen-bond donors (Lipinski definition) is 1. The maximum Gasteiger partial charge on any atom is 0.154 e. The molecule has 7 heteroatoms. The zero-order valence-electron chi connectivity index (χ0n) is 16.8. The lowest BCUT2D eigenvalue weighted by molar-refractivity contribution is 0.263. The minimum atomic E-state index is 0.464. The van der Waals surface area contributed by atoms with Crippen molar-refractivity contribution in [3.05, 3.63) is 60.6 Å². The number of likely N-dealkylation sites (tertiary alicyclic amines) is 1. The van der Waals surface area contributed by atoms with Gasteiger partial charge in [-0.15, -0.1) is 5.10 Å². The molecule has 1 saturated heterocycles. The average Bonchev–Trinajstić information content (AvgIpc) is 3.33. The van der Waals surface area contributed by atoms with Crippen molar-refractivity contribution in [3.8, 4) is 16.9 Å². The van der Waals surface area contributed by atoms with Crippen molar-refractivity contribution in [2.45, 2.75) is 25.8 Å². The van der Waals surface area contributed by atoms with Gasteiger partial charge in [-0.05, 0) is 64.2 Å². The summed E-state index contributed by atoms with van der Waals surface area (Å²) in [6, 6.07) is 14.6. The quantitative estimate of drug-likeness (QED) is 0.581. The molecule has 4 aromatic rings. The molecule has 1 aliphatic rings. The van der Waals surface area contributed by atoms with Gasteiger partial charge in [0.25, 0.3) is 0 Å². The zero-order valence-corrected chi connectivity index (χ0v) is 16.8. The summed E-state index contributed by atoms with van der Waals surface area (Å²) in [6.45, 7) is 4.26. The Labute approximate surface area is 170 Å². The molecule has 0 aliphatic carbocycles. The summed E-state index contributed by atoms with van der Waals surface area (Å²) in [7, 11) is 2.18. The summed E-state index contributed by atoms with van der Waals surface area (Å²) in [5.74, 6) is 0.888. The summed E-state index contributed by atoms with van der Waals surface area (Å²) >= 11 is 0. The first-order valence-electron chi connectivity index (χ1n) is 10.1. The van der Waals surface area contributed by atoms with Crippen molar-refractivity contribution in [1.82, 2.24) is 29.3 Å². The SMILES string of the molecule is Cc1nn(-c2ccccc2)cc1-c1cnc2ccc(NC3CCN(C)CC3)nn12. The van der Waals surface area contributed by atoms with Crippen molar-refractivity contribution in [3.63, 3.8) is 0 Å². The van der Waals surface area contributed by atoms with Crippen LogP contribution >= 0.6 is 0 Å². The van der Waals surface area contributed by atoms with Crippen LogP contribution in [0.3, 0.4) is 0 Å². The van der Waals surface area contributed by atoms with Crippen molar-refractivity contribution in [2.24, 2.45) is 0 Å². The summed E-state index contributed by atoms with van der Waals surface area (Å²) in [5.41, 5.74) is 4.80. The highest BCUT2D eigenvalue weighted by Crippen LogP contribution is 2.25. The number of imidazole rings is 1. The van der Waals surface area contributed by atoms with E-state index in [4.69, 9.17) is 10.2 Å². The zero-order chi connectivity index (χ0) is 19.8. The highest BCUT2D eigenvalue weighted by molar-refractivity contribution is 5.65. The van der Waals surface area contributed by atoms with E-state index in [1.807, 2.05) is 71.0 Å². The van der Waals surface area contributed by atoms with Gasteiger partial charge >= 0.3 is 0 Å². The molecule has 1 N–H and O–H groups in total. The smallest absolute Gasteiger partial charge is 0.154 e. The third kappa shape index (κ3) is 3.49. The molecule has 3 aromatic heterocycles. The van der Waals surface area contributed by atoms with Gasteiger partial charge in [0, 0.05) is 17.8 Å². The molecule has 5 rings (SSSR count). The number of hydrogen-bond acceptors (Lipinski definition) is 5. The predicted molar refractivity (Wildman–Crippen MR) is 114 cm³/mol. The molecule has 0 saturated carbocycles. The molecule has 7 nitrogen and oxygen atoms in total. The fourth-order valence-corrected chi connectivity index (χ4v) is 3.92. The predicted octanol–water partition coefficient (Wildman–Crippen LogP) is 3.40. The Bertz CT molecular complexity index is 1120. The lowest BCUT2D eigenvalue weighted by Gasteiger charge is -2.29. The van der Waals surface area contributed by atoms with Crippen LogP contribution in [0.15, 0.2) is 54.9 Å². The number of piperidine rings is 1. The van der Waals surface area contributed by atoms with Gasteiger partial charge < -0.3 is 10.2 Å². The molecule has 148 valence electrons. The Morgan fingerprint density at radius 1 is 1.00 bits per heavy atom. The fraction of sp³-hybridized carbons (Fsp3) is 0.318. The first-order chi connectivity index (χ1) is 14.2. The number of benzene rings is 1. The van der Waals surface area contributed by atoms with E-state index in [2.05, 4.69) is 22.2 Å². The van der Waals surface area contributed by atoms with E-state index in [9.17, 15) is 0 Å². The number of nitrogens with zero attached hydrogens (tertiary/aromatic N) is 6. The van der Waals surface area contributed by atoms with E-state index in [0.717, 1.165) is 60.0 Å². The van der Waals surface area contributed by atoms with Crippen molar-refractivity contribution in [2.75, 3.05) is 25.5 Å². The molecule has 0 atom stereocenters. The molecule has 0 amide bonds. The summed E-state index contributed by atoms with van der Waals surface area (Å²) in [4.78, 5) is 6.92. The standard InChI is InChI=1S/C22H25N7/c1-16-19(15-28(25-16)18-6-4-3-5-7-18)20-14-23-22-9-8-21(26-29(20)22)24-17-10-12-27(2)13-11-17/h3-9,14-15,17H,10-13H2,1-2H3,(H,24,26). The second-order valence-corrected chi connectivity index (χ2v) is 7.76. The van der Waals surface area contributed by atoms with Crippen molar-refractivity contribution in [1.29, 1.82) is 0 Å². The van der Waals surface area contributed by atoms with Crippen molar-refractivity contribution >= 4 is 11.5 Å².